The van der Waals surface area contributed by atoms with Gasteiger partial charge in [0.25, 0.3) is 0 Å². The molecule has 1 aromatic carbocycles. The van der Waals surface area contributed by atoms with Gasteiger partial charge in [0.05, 0.1) is 0 Å². The fraction of sp³-hybridized carbons (Fsp3) is 0.667. The Morgan fingerprint density at radius 1 is 1.05 bits per heavy atom. The highest BCUT2D eigenvalue weighted by Crippen LogP contribution is 2.16. The Morgan fingerprint density at radius 3 is 2.25 bits per heavy atom. The van der Waals surface area contributed by atoms with Crippen LogP contribution in [0.5, 0.6) is 0 Å². The first-order valence-electron chi connectivity index (χ1n) is 8.10. The monoisotopic (exact) mass is 276 g/mol. The third-order valence-corrected chi connectivity index (χ3v) is 4.01. The van der Waals surface area contributed by atoms with Gasteiger partial charge >= 0.3 is 0 Å². The molecule has 1 unspecified atom stereocenters. The largest absolute Gasteiger partial charge is 0.324 e. The number of benzene rings is 1. The topological polar surface area (TPSA) is 29.3 Å². The molecule has 0 radical (unpaired) electrons. The standard InChI is InChI=1S/C18H32N2/c1-5-6-7-13-20(15(2)3)14-12-18(19)17-10-8-16(4)9-11-17/h8-11,15,18H,5-7,12-14,19H2,1-4H3. The van der Waals surface area contributed by atoms with Gasteiger partial charge in [0.1, 0.15) is 0 Å². The van der Waals surface area contributed by atoms with Crippen molar-refractivity contribution in [3.8, 4) is 0 Å². The lowest BCUT2D eigenvalue weighted by Crippen LogP contribution is -2.34. The van der Waals surface area contributed by atoms with Crippen molar-refractivity contribution in [2.75, 3.05) is 13.1 Å². The molecule has 20 heavy (non-hydrogen) atoms. The van der Waals surface area contributed by atoms with E-state index < -0.39 is 0 Å². The zero-order chi connectivity index (χ0) is 15.0. The maximum atomic E-state index is 6.32. The van der Waals surface area contributed by atoms with E-state index in [4.69, 9.17) is 5.73 Å². The number of hydrogen-bond acceptors (Lipinski definition) is 2. The quantitative estimate of drug-likeness (QED) is 0.682. The number of rotatable bonds is 9. The first-order chi connectivity index (χ1) is 9.54. The van der Waals surface area contributed by atoms with E-state index in [1.165, 1.54) is 36.9 Å². The summed E-state index contributed by atoms with van der Waals surface area (Å²) in [4.78, 5) is 2.56. The first kappa shape index (κ1) is 17.2. The van der Waals surface area contributed by atoms with E-state index >= 15 is 0 Å². The van der Waals surface area contributed by atoms with Crippen LogP contribution in [0.3, 0.4) is 0 Å². The summed E-state index contributed by atoms with van der Waals surface area (Å²) in [5.74, 6) is 0. The number of aryl methyl sites for hydroxylation is 1. The molecule has 2 N–H and O–H groups in total. The minimum atomic E-state index is 0.156. The van der Waals surface area contributed by atoms with Gasteiger partial charge in [-0.25, -0.2) is 0 Å². The summed E-state index contributed by atoms with van der Waals surface area (Å²) in [7, 11) is 0. The molecule has 0 aliphatic heterocycles. The van der Waals surface area contributed by atoms with Crippen molar-refractivity contribution in [1.82, 2.24) is 4.90 Å². The molecule has 1 aromatic rings. The molecule has 0 aliphatic rings. The zero-order valence-electron chi connectivity index (χ0n) is 13.7. The first-order valence-corrected chi connectivity index (χ1v) is 8.10. The van der Waals surface area contributed by atoms with Crippen LogP contribution in [-0.2, 0) is 0 Å². The van der Waals surface area contributed by atoms with Crippen LogP contribution in [-0.4, -0.2) is 24.0 Å². The fourth-order valence-electron chi connectivity index (χ4n) is 2.48. The Morgan fingerprint density at radius 2 is 1.70 bits per heavy atom. The van der Waals surface area contributed by atoms with Gasteiger partial charge in [0.15, 0.2) is 0 Å². The van der Waals surface area contributed by atoms with Crippen molar-refractivity contribution in [3.05, 3.63) is 35.4 Å². The number of hydrogen-bond donors (Lipinski definition) is 1. The Balaban J connectivity index is 2.43. The molecule has 0 spiro atoms. The highest BCUT2D eigenvalue weighted by molar-refractivity contribution is 5.23. The molecule has 0 saturated carbocycles. The smallest absolute Gasteiger partial charge is 0.0307 e. The van der Waals surface area contributed by atoms with Gasteiger partial charge in [-0.3, -0.25) is 0 Å². The Hall–Kier alpha value is -0.860. The van der Waals surface area contributed by atoms with Gasteiger partial charge in [-0.1, -0.05) is 49.6 Å². The molecular formula is C18H32N2. The van der Waals surface area contributed by atoms with Crippen molar-refractivity contribution < 1.29 is 0 Å². The second-order valence-electron chi connectivity index (χ2n) is 6.14. The van der Waals surface area contributed by atoms with E-state index in [0.717, 1.165) is 13.0 Å². The molecule has 1 atom stereocenters. The van der Waals surface area contributed by atoms with E-state index in [-0.39, 0.29) is 6.04 Å². The fourth-order valence-corrected chi connectivity index (χ4v) is 2.48. The van der Waals surface area contributed by atoms with Gasteiger partial charge in [-0.2, -0.15) is 0 Å². The summed E-state index contributed by atoms with van der Waals surface area (Å²) in [5.41, 5.74) is 8.87. The number of nitrogens with two attached hydrogens (primary N) is 1. The van der Waals surface area contributed by atoms with E-state index in [1.54, 1.807) is 0 Å². The highest BCUT2D eigenvalue weighted by Gasteiger charge is 2.12. The van der Waals surface area contributed by atoms with Crippen LogP contribution in [0.15, 0.2) is 24.3 Å². The summed E-state index contributed by atoms with van der Waals surface area (Å²) in [6, 6.07) is 9.39. The molecule has 1 rings (SSSR count). The lowest BCUT2D eigenvalue weighted by atomic mass is 10.0. The third kappa shape index (κ3) is 6.06. The van der Waals surface area contributed by atoms with Crippen molar-refractivity contribution in [2.24, 2.45) is 5.73 Å². The lowest BCUT2D eigenvalue weighted by Gasteiger charge is -2.27. The highest BCUT2D eigenvalue weighted by atomic mass is 15.1. The minimum absolute atomic E-state index is 0.156. The molecular weight excluding hydrogens is 244 g/mol. The third-order valence-electron chi connectivity index (χ3n) is 4.01. The summed E-state index contributed by atoms with van der Waals surface area (Å²) in [6.07, 6.45) is 4.95. The summed E-state index contributed by atoms with van der Waals surface area (Å²) in [6.45, 7) is 11.2. The molecule has 0 amide bonds. The number of nitrogens with zero attached hydrogens (tertiary/aromatic N) is 1. The second kappa shape index (κ2) is 9.15. The normalized spacial score (nSPS) is 13.2. The number of unbranched alkanes of at least 4 members (excludes halogenated alkanes) is 2. The van der Waals surface area contributed by atoms with Crippen LogP contribution in [0.1, 0.15) is 63.6 Å². The van der Waals surface area contributed by atoms with Crippen LogP contribution in [0.25, 0.3) is 0 Å². The average molecular weight is 276 g/mol. The van der Waals surface area contributed by atoms with Gasteiger partial charge in [0, 0.05) is 18.6 Å². The second-order valence-corrected chi connectivity index (χ2v) is 6.14. The molecule has 0 bridgehead atoms. The molecule has 2 heteroatoms. The van der Waals surface area contributed by atoms with Crippen molar-refractivity contribution >= 4 is 0 Å². The van der Waals surface area contributed by atoms with Gasteiger partial charge < -0.3 is 10.6 Å². The Bertz CT molecular complexity index is 356. The van der Waals surface area contributed by atoms with E-state index in [0.29, 0.717) is 6.04 Å². The predicted molar refractivity (Wildman–Crippen MR) is 89.0 cm³/mol. The van der Waals surface area contributed by atoms with Gasteiger partial charge in [0.2, 0.25) is 0 Å². The van der Waals surface area contributed by atoms with Gasteiger partial charge in [-0.05, 0) is 45.7 Å². The Labute approximate surface area is 125 Å². The van der Waals surface area contributed by atoms with Crippen molar-refractivity contribution in [2.45, 2.75) is 65.5 Å². The molecule has 0 fully saturated rings. The van der Waals surface area contributed by atoms with Crippen LogP contribution in [0.4, 0.5) is 0 Å². The molecule has 114 valence electrons. The SMILES string of the molecule is CCCCCN(CCC(N)c1ccc(C)cc1)C(C)C. The van der Waals surface area contributed by atoms with Crippen LogP contribution in [0, 0.1) is 6.92 Å². The maximum Gasteiger partial charge on any atom is 0.0307 e. The van der Waals surface area contributed by atoms with E-state index in [1.807, 2.05) is 0 Å². The summed E-state index contributed by atoms with van der Waals surface area (Å²) < 4.78 is 0. The average Bonchev–Trinajstić information content (AvgIpc) is 2.42. The van der Waals surface area contributed by atoms with Crippen LogP contribution >= 0.6 is 0 Å². The molecule has 0 saturated heterocycles. The summed E-state index contributed by atoms with van der Waals surface area (Å²) in [5, 5.41) is 0. The van der Waals surface area contributed by atoms with Crippen molar-refractivity contribution in [3.63, 3.8) is 0 Å². The van der Waals surface area contributed by atoms with E-state index in [2.05, 4.69) is 56.9 Å². The predicted octanol–water partition coefficient (Wildman–Crippen LogP) is 4.29. The summed E-state index contributed by atoms with van der Waals surface area (Å²) >= 11 is 0. The molecule has 0 aliphatic carbocycles. The van der Waals surface area contributed by atoms with Crippen LogP contribution in [0.2, 0.25) is 0 Å². The van der Waals surface area contributed by atoms with E-state index in [9.17, 15) is 0 Å². The Kier molecular flexibility index (Phi) is 7.86. The van der Waals surface area contributed by atoms with Crippen LogP contribution < -0.4 is 5.73 Å². The molecule has 0 aromatic heterocycles. The van der Waals surface area contributed by atoms with Gasteiger partial charge in [-0.15, -0.1) is 0 Å². The van der Waals surface area contributed by atoms with Crippen molar-refractivity contribution in [1.29, 1.82) is 0 Å². The maximum absolute atomic E-state index is 6.32. The molecule has 0 heterocycles. The minimum Gasteiger partial charge on any atom is -0.324 e. The zero-order valence-corrected chi connectivity index (χ0v) is 13.7. The molecule has 2 nitrogen and oxygen atoms in total. The lowest BCUT2D eigenvalue weighted by molar-refractivity contribution is 0.209.